The first kappa shape index (κ1) is 17.7. The highest BCUT2D eigenvalue weighted by molar-refractivity contribution is 9.10. The summed E-state index contributed by atoms with van der Waals surface area (Å²) in [6.45, 7) is 0. The van der Waals surface area contributed by atoms with Crippen LogP contribution in [0.4, 0.5) is 5.69 Å². The molecule has 0 bridgehead atoms. The van der Waals surface area contributed by atoms with Crippen LogP contribution >= 0.6 is 15.9 Å². The first-order chi connectivity index (χ1) is 12.5. The molecule has 26 heavy (non-hydrogen) atoms. The molecule has 0 unspecified atom stereocenters. The topological polar surface area (TPSA) is 99.2 Å². The molecule has 0 saturated heterocycles. The van der Waals surface area contributed by atoms with Crippen molar-refractivity contribution in [3.8, 4) is 11.4 Å². The van der Waals surface area contributed by atoms with Gasteiger partial charge in [0.15, 0.2) is 0 Å². The number of hydrogen-bond donors (Lipinski definition) is 2. The number of hydrogen-bond acceptors (Lipinski definition) is 4. The van der Waals surface area contributed by atoms with E-state index in [-0.39, 0.29) is 11.5 Å². The minimum Gasteiger partial charge on any atom is -0.495 e. The van der Waals surface area contributed by atoms with Crippen molar-refractivity contribution in [1.82, 2.24) is 9.78 Å². The number of nitrogens with zero attached hydrogens (tertiary/aromatic N) is 2. The predicted molar refractivity (Wildman–Crippen MR) is 101 cm³/mol. The van der Waals surface area contributed by atoms with Crippen molar-refractivity contribution >= 4 is 33.4 Å². The van der Waals surface area contributed by atoms with Crippen molar-refractivity contribution in [1.29, 1.82) is 0 Å². The molecule has 0 aliphatic heterocycles. The lowest BCUT2D eigenvalue weighted by Gasteiger charge is -2.11. The molecule has 0 radical (unpaired) electrons. The number of nitrogens with two attached hydrogens (primary N) is 1. The zero-order valence-electron chi connectivity index (χ0n) is 13.8. The fourth-order valence-electron chi connectivity index (χ4n) is 2.36. The summed E-state index contributed by atoms with van der Waals surface area (Å²) in [6, 6.07) is 11.5. The van der Waals surface area contributed by atoms with Gasteiger partial charge in [-0.25, -0.2) is 4.68 Å². The van der Waals surface area contributed by atoms with Crippen LogP contribution in [0.25, 0.3) is 5.69 Å². The monoisotopic (exact) mass is 414 g/mol. The molecule has 3 N–H and O–H groups in total. The molecule has 2 amide bonds. The van der Waals surface area contributed by atoms with Crippen LogP contribution < -0.4 is 15.8 Å². The maximum atomic E-state index is 12.5. The zero-order valence-corrected chi connectivity index (χ0v) is 15.4. The standard InChI is InChI=1S/C18H15BrN4O3/c1-26-16-7-4-12(17(20)24)8-15(16)22-18(25)11-2-5-14(6-3-11)23-10-13(19)9-21-23/h2-10H,1H3,(H2,20,24)(H,22,25). The Morgan fingerprint density at radius 3 is 2.42 bits per heavy atom. The lowest BCUT2D eigenvalue weighted by molar-refractivity contribution is 0.0996. The Morgan fingerprint density at radius 1 is 1.15 bits per heavy atom. The summed E-state index contributed by atoms with van der Waals surface area (Å²) in [6.07, 6.45) is 3.49. The summed E-state index contributed by atoms with van der Waals surface area (Å²) in [7, 11) is 1.48. The van der Waals surface area contributed by atoms with Crippen LogP contribution in [0.3, 0.4) is 0 Å². The lowest BCUT2D eigenvalue weighted by atomic mass is 10.1. The van der Waals surface area contributed by atoms with Crippen LogP contribution in [0.2, 0.25) is 0 Å². The lowest BCUT2D eigenvalue weighted by Crippen LogP contribution is -2.15. The third-order valence-corrected chi connectivity index (χ3v) is 4.09. The van der Waals surface area contributed by atoms with Crippen LogP contribution in [-0.4, -0.2) is 28.7 Å². The largest absolute Gasteiger partial charge is 0.495 e. The molecule has 0 aliphatic rings. The summed E-state index contributed by atoms with van der Waals surface area (Å²) < 4.78 is 7.76. The van der Waals surface area contributed by atoms with Crippen LogP contribution in [0.5, 0.6) is 5.75 Å². The van der Waals surface area contributed by atoms with Gasteiger partial charge in [-0.15, -0.1) is 0 Å². The summed E-state index contributed by atoms with van der Waals surface area (Å²) in [5, 5.41) is 6.92. The molecule has 0 aliphatic carbocycles. The molecule has 3 rings (SSSR count). The quantitative estimate of drug-likeness (QED) is 0.669. The SMILES string of the molecule is COc1ccc(C(N)=O)cc1NC(=O)c1ccc(-n2cc(Br)cn2)cc1. The van der Waals surface area contributed by atoms with Crippen LogP contribution in [-0.2, 0) is 0 Å². The van der Waals surface area contributed by atoms with Gasteiger partial charge in [-0.05, 0) is 58.4 Å². The maximum absolute atomic E-state index is 12.5. The van der Waals surface area contributed by atoms with E-state index in [0.717, 1.165) is 10.2 Å². The summed E-state index contributed by atoms with van der Waals surface area (Å²) in [4.78, 5) is 23.8. The van der Waals surface area contributed by atoms with Gasteiger partial charge in [0.25, 0.3) is 5.91 Å². The zero-order chi connectivity index (χ0) is 18.7. The molecule has 8 heteroatoms. The van der Waals surface area contributed by atoms with Gasteiger partial charge < -0.3 is 15.8 Å². The van der Waals surface area contributed by atoms with Gasteiger partial charge >= 0.3 is 0 Å². The molecular formula is C18H15BrN4O3. The number of amides is 2. The second-order valence-electron chi connectivity index (χ2n) is 5.38. The number of methoxy groups -OCH3 is 1. The average Bonchev–Trinajstić information content (AvgIpc) is 3.08. The number of primary amides is 1. The second-order valence-corrected chi connectivity index (χ2v) is 6.30. The first-order valence-corrected chi connectivity index (χ1v) is 8.37. The molecule has 0 atom stereocenters. The number of rotatable bonds is 5. The van der Waals surface area contributed by atoms with Gasteiger partial charge in [0, 0.05) is 17.3 Å². The van der Waals surface area contributed by atoms with E-state index >= 15 is 0 Å². The molecule has 3 aromatic rings. The molecule has 7 nitrogen and oxygen atoms in total. The highest BCUT2D eigenvalue weighted by Crippen LogP contribution is 2.26. The highest BCUT2D eigenvalue weighted by Gasteiger charge is 2.12. The van der Waals surface area contributed by atoms with E-state index in [0.29, 0.717) is 17.0 Å². The number of benzene rings is 2. The Balaban J connectivity index is 1.82. The second kappa shape index (κ2) is 7.40. The summed E-state index contributed by atoms with van der Waals surface area (Å²) in [5.41, 5.74) is 7.20. The molecular weight excluding hydrogens is 400 g/mol. The number of aromatic nitrogens is 2. The average molecular weight is 415 g/mol. The van der Waals surface area contributed by atoms with E-state index in [4.69, 9.17) is 10.5 Å². The molecule has 1 aromatic heterocycles. The Morgan fingerprint density at radius 2 is 1.85 bits per heavy atom. The number of carbonyl (C=O) groups is 2. The number of halogens is 1. The van der Waals surface area contributed by atoms with Crippen molar-refractivity contribution in [2.45, 2.75) is 0 Å². The number of ether oxygens (including phenoxy) is 1. The fourth-order valence-corrected chi connectivity index (χ4v) is 2.65. The van der Waals surface area contributed by atoms with E-state index < -0.39 is 5.91 Å². The molecule has 0 saturated carbocycles. The minimum absolute atomic E-state index is 0.278. The third-order valence-electron chi connectivity index (χ3n) is 3.68. The predicted octanol–water partition coefficient (Wildman–Crippen LogP) is 2.99. The molecule has 132 valence electrons. The van der Waals surface area contributed by atoms with Crippen LogP contribution in [0.1, 0.15) is 20.7 Å². The van der Waals surface area contributed by atoms with Crippen molar-refractivity contribution < 1.29 is 14.3 Å². The van der Waals surface area contributed by atoms with Crippen molar-refractivity contribution in [3.63, 3.8) is 0 Å². The summed E-state index contributed by atoms with van der Waals surface area (Å²) >= 11 is 3.34. The van der Waals surface area contributed by atoms with Gasteiger partial charge in [-0.2, -0.15) is 5.10 Å². The smallest absolute Gasteiger partial charge is 0.255 e. The highest BCUT2D eigenvalue weighted by atomic mass is 79.9. The summed E-state index contributed by atoms with van der Waals surface area (Å²) in [5.74, 6) is -0.489. The Hall–Kier alpha value is -3.13. The Kier molecular flexibility index (Phi) is 5.04. The minimum atomic E-state index is -0.585. The third kappa shape index (κ3) is 3.75. The van der Waals surface area contributed by atoms with E-state index in [2.05, 4.69) is 26.3 Å². The number of anilines is 1. The van der Waals surface area contributed by atoms with E-state index in [1.165, 1.54) is 19.2 Å². The van der Waals surface area contributed by atoms with Gasteiger partial charge in [0.1, 0.15) is 5.75 Å². The van der Waals surface area contributed by atoms with Crippen LogP contribution in [0.15, 0.2) is 59.3 Å². The van der Waals surface area contributed by atoms with E-state index in [1.54, 1.807) is 41.2 Å². The van der Waals surface area contributed by atoms with E-state index in [1.807, 2.05) is 6.20 Å². The van der Waals surface area contributed by atoms with Crippen molar-refractivity contribution in [2.24, 2.45) is 5.73 Å². The van der Waals surface area contributed by atoms with Crippen molar-refractivity contribution in [3.05, 3.63) is 70.5 Å². The van der Waals surface area contributed by atoms with Crippen LogP contribution in [0, 0.1) is 0 Å². The van der Waals surface area contributed by atoms with Gasteiger partial charge in [-0.1, -0.05) is 0 Å². The number of carbonyl (C=O) groups excluding carboxylic acids is 2. The first-order valence-electron chi connectivity index (χ1n) is 7.58. The Labute approximate surface area is 157 Å². The molecule has 1 heterocycles. The van der Waals surface area contributed by atoms with E-state index in [9.17, 15) is 9.59 Å². The maximum Gasteiger partial charge on any atom is 0.255 e. The molecule has 0 spiro atoms. The Bertz CT molecular complexity index is 967. The normalized spacial score (nSPS) is 10.4. The molecule has 2 aromatic carbocycles. The fraction of sp³-hybridized carbons (Fsp3) is 0.0556. The van der Waals surface area contributed by atoms with Gasteiger partial charge in [0.05, 0.1) is 29.2 Å². The van der Waals surface area contributed by atoms with Crippen molar-refractivity contribution in [2.75, 3.05) is 12.4 Å². The van der Waals surface area contributed by atoms with Gasteiger partial charge in [-0.3, -0.25) is 9.59 Å². The number of nitrogens with one attached hydrogen (secondary N) is 1. The van der Waals surface area contributed by atoms with Gasteiger partial charge in [0.2, 0.25) is 5.91 Å². The molecule has 0 fully saturated rings.